The van der Waals surface area contributed by atoms with Crippen LogP contribution in [0.15, 0.2) is 4.99 Å². The molecule has 0 saturated heterocycles. The second-order valence-electron chi connectivity index (χ2n) is 2.63. The maximum absolute atomic E-state index is 10.8. The van der Waals surface area contributed by atoms with Crippen LogP contribution in [0.4, 0.5) is 0 Å². The molecule has 0 aliphatic rings. The molecule has 0 heterocycles. The van der Waals surface area contributed by atoms with E-state index < -0.39 is 0 Å². The van der Waals surface area contributed by atoms with Crippen molar-refractivity contribution < 1.29 is 9.59 Å². The van der Waals surface area contributed by atoms with E-state index in [9.17, 15) is 9.59 Å². The van der Waals surface area contributed by atoms with Gasteiger partial charge in [-0.1, -0.05) is 13.8 Å². The molecule has 2 N–H and O–H groups in total. The molecule has 0 rings (SSSR count). The van der Waals surface area contributed by atoms with E-state index in [0.29, 0.717) is 19.4 Å². The molecule has 0 radical (unpaired) electrons. The summed E-state index contributed by atoms with van der Waals surface area (Å²) < 4.78 is 0. The minimum absolute atomic E-state index is 0.00552. The Labute approximate surface area is 84.0 Å². The van der Waals surface area contributed by atoms with E-state index in [1.54, 1.807) is 20.1 Å². The predicted molar refractivity (Wildman–Crippen MR) is 55.1 cm³/mol. The normalized spacial score (nSPS) is 10.1. The molecule has 0 aromatic rings. The molecule has 0 spiro atoms. The molecular weight excluding hydrogens is 182 g/mol. The van der Waals surface area contributed by atoms with Crippen molar-refractivity contribution in [3.05, 3.63) is 0 Å². The zero-order valence-electron chi connectivity index (χ0n) is 8.67. The number of aliphatic imine (C=N–C) groups is 1. The number of nitrogens with zero attached hydrogens (tertiary/aromatic N) is 1. The first-order valence-electron chi connectivity index (χ1n) is 4.72. The van der Waals surface area contributed by atoms with Crippen LogP contribution in [0, 0.1) is 0 Å². The third kappa shape index (κ3) is 7.27. The van der Waals surface area contributed by atoms with Gasteiger partial charge in [0.15, 0.2) is 0 Å². The van der Waals surface area contributed by atoms with Crippen molar-refractivity contribution in [2.75, 3.05) is 13.2 Å². The van der Waals surface area contributed by atoms with Crippen molar-refractivity contribution in [2.45, 2.75) is 26.7 Å². The van der Waals surface area contributed by atoms with Crippen molar-refractivity contribution >= 4 is 18.0 Å². The van der Waals surface area contributed by atoms with Gasteiger partial charge in [-0.25, -0.2) is 0 Å². The summed E-state index contributed by atoms with van der Waals surface area (Å²) in [5, 5.41) is 5.22. The van der Waals surface area contributed by atoms with Gasteiger partial charge >= 0.3 is 0 Å². The number of carbonyl (C=O) groups excluding carboxylic acids is 2. The Morgan fingerprint density at radius 1 is 1.14 bits per heavy atom. The number of amides is 2. The third-order valence-electron chi connectivity index (χ3n) is 1.53. The van der Waals surface area contributed by atoms with Gasteiger partial charge in [-0.15, -0.1) is 0 Å². The van der Waals surface area contributed by atoms with Gasteiger partial charge in [-0.2, -0.15) is 0 Å². The lowest BCUT2D eigenvalue weighted by Crippen LogP contribution is -2.25. The highest BCUT2D eigenvalue weighted by Gasteiger charge is 1.93. The van der Waals surface area contributed by atoms with Gasteiger partial charge in [0.2, 0.25) is 11.8 Å². The predicted octanol–water partition coefficient (Wildman–Crippen LogP) is 0.0671. The minimum Gasteiger partial charge on any atom is -0.351 e. The quantitative estimate of drug-likeness (QED) is 0.594. The highest BCUT2D eigenvalue weighted by molar-refractivity contribution is 5.78. The van der Waals surface area contributed by atoms with E-state index in [1.165, 1.54) is 0 Å². The molecule has 0 aliphatic carbocycles. The van der Waals surface area contributed by atoms with Crippen molar-refractivity contribution in [2.24, 2.45) is 4.99 Å². The Morgan fingerprint density at radius 3 is 2.29 bits per heavy atom. The van der Waals surface area contributed by atoms with E-state index in [-0.39, 0.29) is 18.5 Å². The monoisotopic (exact) mass is 199 g/mol. The lowest BCUT2D eigenvalue weighted by atomic mass is 10.4. The van der Waals surface area contributed by atoms with Gasteiger partial charge in [-0.05, 0) is 0 Å². The second kappa shape index (κ2) is 8.22. The van der Waals surface area contributed by atoms with Gasteiger partial charge in [0.25, 0.3) is 0 Å². The fourth-order valence-corrected chi connectivity index (χ4v) is 0.672. The fraction of sp³-hybridized carbons (Fsp3) is 0.667. The Bertz CT molecular complexity index is 192. The highest BCUT2D eigenvalue weighted by atomic mass is 16.2. The molecule has 0 aromatic carbocycles. The molecule has 14 heavy (non-hydrogen) atoms. The average Bonchev–Trinajstić information content (AvgIpc) is 2.22. The molecule has 5 nitrogen and oxygen atoms in total. The molecule has 0 unspecified atom stereocenters. The van der Waals surface area contributed by atoms with Crippen LogP contribution in [0.5, 0.6) is 0 Å². The van der Waals surface area contributed by atoms with Crippen LogP contribution < -0.4 is 10.6 Å². The maximum Gasteiger partial charge on any atom is 0.221 e. The van der Waals surface area contributed by atoms with Crippen LogP contribution in [0.2, 0.25) is 0 Å². The lowest BCUT2D eigenvalue weighted by Gasteiger charge is -1.99. The van der Waals surface area contributed by atoms with E-state index in [4.69, 9.17) is 0 Å². The molecule has 2 amide bonds. The number of carbonyl (C=O) groups is 2. The number of nitrogens with one attached hydrogen (secondary N) is 2. The van der Waals surface area contributed by atoms with Crippen LogP contribution >= 0.6 is 0 Å². The van der Waals surface area contributed by atoms with E-state index in [0.717, 1.165) is 0 Å². The first-order chi connectivity index (χ1) is 6.70. The Balaban J connectivity index is 3.36. The smallest absolute Gasteiger partial charge is 0.221 e. The second-order valence-corrected chi connectivity index (χ2v) is 2.63. The van der Waals surface area contributed by atoms with E-state index in [2.05, 4.69) is 15.6 Å². The van der Waals surface area contributed by atoms with Crippen molar-refractivity contribution in [3.8, 4) is 0 Å². The molecule has 5 heteroatoms. The van der Waals surface area contributed by atoms with Gasteiger partial charge in [-0.3, -0.25) is 14.6 Å². The largest absolute Gasteiger partial charge is 0.351 e. The minimum atomic E-state index is -0.0280. The summed E-state index contributed by atoms with van der Waals surface area (Å²) in [5.74, 6) is -0.0335. The van der Waals surface area contributed by atoms with Gasteiger partial charge in [0, 0.05) is 19.1 Å². The molecular formula is C9H17N3O2. The third-order valence-corrected chi connectivity index (χ3v) is 1.53. The average molecular weight is 199 g/mol. The van der Waals surface area contributed by atoms with Gasteiger partial charge < -0.3 is 10.6 Å². The molecule has 0 fully saturated rings. The highest BCUT2D eigenvalue weighted by Crippen LogP contribution is 1.74. The molecule has 0 saturated carbocycles. The summed E-state index contributed by atoms with van der Waals surface area (Å²) >= 11 is 0. The van der Waals surface area contributed by atoms with E-state index in [1.807, 2.05) is 0 Å². The summed E-state index contributed by atoms with van der Waals surface area (Å²) in [6, 6.07) is 0. The Kier molecular flexibility index (Phi) is 7.40. The summed E-state index contributed by atoms with van der Waals surface area (Å²) in [6.07, 6.45) is 2.51. The van der Waals surface area contributed by atoms with Crippen molar-refractivity contribution in [1.82, 2.24) is 10.6 Å². The zero-order valence-corrected chi connectivity index (χ0v) is 8.67. The summed E-state index contributed by atoms with van der Waals surface area (Å²) in [4.78, 5) is 25.4. The summed E-state index contributed by atoms with van der Waals surface area (Å²) in [6.45, 7) is 4.25. The Hall–Kier alpha value is -1.39. The standard InChI is InChI=1S/C9H17N3O2/c1-3-8(13)11-6-5-10-7-12-9(14)4-2/h5H,3-4,6-7H2,1-2H3,(H,11,13)(H,12,14). The molecule has 0 aliphatic heterocycles. The first kappa shape index (κ1) is 12.6. The molecule has 0 atom stereocenters. The van der Waals surface area contributed by atoms with Gasteiger partial charge in [0.1, 0.15) is 6.67 Å². The molecule has 80 valence electrons. The topological polar surface area (TPSA) is 70.6 Å². The van der Waals surface area contributed by atoms with Crippen molar-refractivity contribution in [3.63, 3.8) is 0 Å². The number of hydrogen-bond acceptors (Lipinski definition) is 3. The van der Waals surface area contributed by atoms with Crippen LogP contribution in [-0.2, 0) is 9.59 Å². The fourth-order valence-electron chi connectivity index (χ4n) is 0.672. The van der Waals surface area contributed by atoms with Crippen LogP contribution in [0.1, 0.15) is 26.7 Å². The maximum atomic E-state index is 10.8. The van der Waals surface area contributed by atoms with Crippen LogP contribution in [0.25, 0.3) is 0 Å². The zero-order chi connectivity index (χ0) is 10.8. The van der Waals surface area contributed by atoms with Crippen LogP contribution in [-0.4, -0.2) is 31.2 Å². The summed E-state index contributed by atoms with van der Waals surface area (Å²) in [5.41, 5.74) is 0. The van der Waals surface area contributed by atoms with E-state index >= 15 is 0 Å². The molecule has 0 aromatic heterocycles. The SMILES string of the molecule is CCC(=O)NCC=NCNC(=O)CC. The molecule has 0 bridgehead atoms. The lowest BCUT2D eigenvalue weighted by molar-refractivity contribution is -0.121. The van der Waals surface area contributed by atoms with Crippen LogP contribution in [0.3, 0.4) is 0 Å². The number of hydrogen-bond donors (Lipinski definition) is 2. The summed E-state index contributed by atoms with van der Waals surface area (Å²) in [7, 11) is 0. The first-order valence-corrected chi connectivity index (χ1v) is 4.72. The van der Waals surface area contributed by atoms with Crippen molar-refractivity contribution in [1.29, 1.82) is 0 Å². The van der Waals surface area contributed by atoms with Gasteiger partial charge in [0.05, 0.1) is 6.54 Å². The number of rotatable bonds is 6. The Morgan fingerprint density at radius 2 is 1.71 bits per heavy atom.